The van der Waals surface area contributed by atoms with E-state index in [1.807, 2.05) is 38.8 Å². The molecule has 4 aliphatic heterocycles. The van der Waals surface area contributed by atoms with Crippen molar-refractivity contribution in [2.45, 2.75) is 140 Å². The van der Waals surface area contributed by atoms with E-state index in [1.165, 1.54) is 35.1 Å². The highest BCUT2D eigenvalue weighted by Crippen LogP contribution is 2.41. The van der Waals surface area contributed by atoms with Crippen LogP contribution in [0, 0.1) is 39.5 Å². The van der Waals surface area contributed by atoms with Gasteiger partial charge in [-0.3, -0.25) is 24.3 Å². The van der Waals surface area contributed by atoms with Crippen LogP contribution in [0.4, 0.5) is 17.1 Å². The quantitative estimate of drug-likeness (QED) is 0.125. The Balaban J connectivity index is 0.000000559. The number of nitrogens with one attached hydrogen (secondary N) is 2. The summed E-state index contributed by atoms with van der Waals surface area (Å²) < 4.78 is 5.96. The van der Waals surface area contributed by atoms with Gasteiger partial charge < -0.3 is 35.2 Å². The molecule has 0 radical (unpaired) electrons. The molecule has 1 atom stereocenters. The number of rotatable bonds is 11. The van der Waals surface area contributed by atoms with Crippen LogP contribution in [0.1, 0.15) is 129 Å². The number of piperidine rings is 2. The number of carbonyl (C=O) groups excluding carboxylic acids is 2. The average Bonchev–Trinajstić information content (AvgIpc) is 3.39. The van der Waals surface area contributed by atoms with E-state index in [1.54, 1.807) is 0 Å². The van der Waals surface area contributed by atoms with Crippen molar-refractivity contribution in [2.75, 3.05) is 74.2 Å². The Kier molecular flexibility index (Phi) is 27.4. The monoisotopic (exact) mass is 1000 g/mol. The van der Waals surface area contributed by atoms with Gasteiger partial charge in [-0.15, -0.1) is 12.8 Å². The first kappa shape index (κ1) is 62.7. The Labute approximate surface area is 440 Å². The molecule has 3 N–H and O–H groups in total. The third kappa shape index (κ3) is 18.0. The number of hydrogen-bond acceptors (Lipinski definition) is 10. The second-order valence-corrected chi connectivity index (χ2v) is 18.9. The maximum Gasteiger partial charge on any atom is 0.290 e. The molecule has 13 nitrogen and oxygen atoms in total. The first-order valence-corrected chi connectivity index (χ1v) is 26.4. The fourth-order valence-corrected chi connectivity index (χ4v) is 9.61. The van der Waals surface area contributed by atoms with Gasteiger partial charge in [-0.05, 0) is 121 Å². The number of anilines is 3. The lowest BCUT2D eigenvalue weighted by Crippen LogP contribution is -2.52. The van der Waals surface area contributed by atoms with Crippen LogP contribution in [0.25, 0.3) is 5.57 Å². The van der Waals surface area contributed by atoms with Crippen molar-refractivity contribution in [1.29, 1.82) is 0 Å². The van der Waals surface area contributed by atoms with E-state index in [0.29, 0.717) is 25.7 Å². The number of piperazine rings is 1. The van der Waals surface area contributed by atoms with E-state index in [4.69, 9.17) is 24.6 Å². The molecule has 73 heavy (non-hydrogen) atoms. The van der Waals surface area contributed by atoms with Crippen molar-refractivity contribution < 1.29 is 24.2 Å². The topological polar surface area (TPSA) is 143 Å². The summed E-state index contributed by atoms with van der Waals surface area (Å²) in [6, 6.07) is 15.1. The Morgan fingerprint density at radius 2 is 1.62 bits per heavy atom. The molecule has 3 aromatic rings. The van der Waals surface area contributed by atoms with Crippen LogP contribution in [0.5, 0.6) is 5.88 Å². The number of carbonyl (C=O) groups is 3. The van der Waals surface area contributed by atoms with Crippen LogP contribution in [-0.2, 0) is 20.8 Å². The molecule has 7 rings (SSSR count). The van der Waals surface area contributed by atoms with E-state index in [9.17, 15) is 9.59 Å². The molecule has 0 saturated carbocycles. The molecule has 0 aliphatic carbocycles. The van der Waals surface area contributed by atoms with Gasteiger partial charge in [0, 0.05) is 61.3 Å². The highest BCUT2D eigenvalue weighted by molar-refractivity contribution is 6.04. The fraction of sp³-hybridized carbons (Fsp3) is 0.517. The molecule has 2 amide bonds. The lowest BCUT2D eigenvalue weighted by molar-refractivity contribution is -0.132. The SMILES string of the molecule is C#C.C/C=C1/CCN(c2cnc3c(c2C)N(C(C)(C)C)CCO3)C/C1=N/CNc1ccc(CC(=O)N2CCN(C(CC)CC)CC2)cc1.C=C1CCC(C(=C)c2ccc(C)cc2C)C(=O)N1.CC.CC.O=CO. The number of ether oxygens (including phenoxy) is 1. The lowest BCUT2D eigenvalue weighted by atomic mass is 9.85. The van der Waals surface area contributed by atoms with Gasteiger partial charge >= 0.3 is 0 Å². The largest absolute Gasteiger partial charge is 0.483 e. The third-order valence-electron chi connectivity index (χ3n) is 13.4. The predicted octanol–water partition coefficient (Wildman–Crippen LogP) is 11.3. The molecule has 3 saturated heterocycles. The summed E-state index contributed by atoms with van der Waals surface area (Å²) in [4.78, 5) is 52.5. The first-order chi connectivity index (χ1) is 35.0. The maximum absolute atomic E-state index is 13.0. The molecule has 1 aromatic heterocycles. The minimum absolute atomic E-state index is 0.0158. The van der Waals surface area contributed by atoms with Crippen molar-refractivity contribution in [3.63, 3.8) is 0 Å². The Hall–Kier alpha value is -6.39. The van der Waals surface area contributed by atoms with Gasteiger partial charge in [0.05, 0.1) is 43.0 Å². The van der Waals surface area contributed by atoms with Crippen LogP contribution in [0.2, 0.25) is 0 Å². The zero-order chi connectivity index (χ0) is 54.8. The molecule has 2 aromatic carbocycles. The zero-order valence-corrected chi connectivity index (χ0v) is 46.9. The minimum Gasteiger partial charge on any atom is -0.483 e. The van der Waals surface area contributed by atoms with Crippen LogP contribution in [0.3, 0.4) is 0 Å². The first-order valence-electron chi connectivity index (χ1n) is 26.4. The molecule has 3 fully saturated rings. The van der Waals surface area contributed by atoms with Crippen LogP contribution < -0.4 is 25.2 Å². The van der Waals surface area contributed by atoms with Gasteiger partial charge in [0.2, 0.25) is 17.7 Å². The number of aliphatic imine (C=N–C) groups is 1. The van der Waals surface area contributed by atoms with Crippen molar-refractivity contribution in [1.82, 2.24) is 20.1 Å². The number of pyridine rings is 1. The molecular weight excluding hydrogens is 913 g/mol. The van der Waals surface area contributed by atoms with Gasteiger partial charge in [-0.1, -0.05) is 96.7 Å². The van der Waals surface area contributed by atoms with Crippen molar-refractivity contribution in [3.05, 3.63) is 107 Å². The summed E-state index contributed by atoms with van der Waals surface area (Å²) in [5, 5.41) is 13.2. The van der Waals surface area contributed by atoms with E-state index in [2.05, 4.69) is 162 Å². The molecule has 0 bridgehead atoms. The summed E-state index contributed by atoms with van der Waals surface area (Å²) in [6.45, 7) is 42.6. The van der Waals surface area contributed by atoms with Gasteiger partial charge in [-0.2, -0.15) is 0 Å². The molecule has 0 spiro atoms. The standard InChI is InChI=1S/C37H55N7O2.C16H19NO.2C2H6.C2H2.CH2O2/c1-8-29-15-16-43(33-24-38-36-35(27(33)4)44(21-22-46-36)37(5,6)7)25-32(29)40-26-39-30-13-11-28(12-14-30)23-34(45)42-19-17-41(18-20-42)31(9-2)10-3;1-10-5-7-14(11(2)9-10)13(4)15-8-6-12(3)17-16(15)18;3*1-2;2-1-3/h8,11-14,24,31,39H,9-10,15-23,25-26H2,1-7H3;5,7,9,15H,3-4,6,8H2,1-2H3,(H,17,18);2*1-2H3;1-2H;1H,(H,2,3)/b29-8-,40-32-;;;;;. The number of terminal acetylenes is 1. The predicted molar refractivity (Wildman–Crippen MR) is 307 cm³/mol. The summed E-state index contributed by atoms with van der Waals surface area (Å²) >= 11 is 0. The van der Waals surface area contributed by atoms with Gasteiger partial charge in [0.25, 0.3) is 6.47 Å². The number of aryl methyl sites for hydroxylation is 2. The van der Waals surface area contributed by atoms with Crippen LogP contribution in [-0.4, -0.2) is 115 Å². The molecule has 1 unspecified atom stereocenters. The number of fused-ring (bicyclic) bond motifs is 1. The zero-order valence-electron chi connectivity index (χ0n) is 46.9. The summed E-state index contributed by atoms with van der Waals surface area (Å²) in [5.41, 5.74) is 13.1. The second kappa shape index (κ2) is 31.9. The number of amides is 2. The summed E-state index contributed by atoms with van der Waals surface area (Å²) in [6.07, 6.45) is 17.5. The van der Waals surface area contributed by atoms with Crippen LogP contribution >= 0.6 is 0 Å². The van der Waals surface area contributed by atoms with E-state index >= 15 is 0 Å². The molecule has 4 aliphatic rings. The average molecular weight is 1000 g/mol. The lowest BCUT2D eigenvalue weighted by Gasteiger charge is -2.42. The molecule has 400 valence electrons. The molecular formula is C60H90N8O5. The Bertz CT molecular complexity index is 2320. The van der Waals surface area contributed by atoms with Crippen molar-refractivity contribution in [2.24, 2.45) is 10.9 Å². The number of benzene rings is 2. The Morgan fingerprint density at radius 3 is 2.18 bits per heavy atom. The van der Waals surface area contributed by atoms with Crippen LogP contribution in [0.15, 0.2) is 84.2 Å². The molecule has 5 heterocycles. The number of allylic oxidation sites excluding steroid dienone is 2. The minimum atomic E-state index is -0.250. The number of nitrogens with zero attached hydrogens (tertiary/aromatic N) is 6. The van der Waals surface area contributed by atoms with E-state index in [-0.39, 0.29) is 29.7 Å². The van der Waals surface area contributed by atoms with E-state index in [0.717, 1.165) is 116 Å². The fourth-order valence-electron chi connectivity index (χ4n) is 9.61. The van der Waals surface area contributed by atoms with Gasteiger partial charge in [-0.25, -0.2) is 4.98 Å². The van der Waals surface area contributed by atoms with E-state index < -0.39 is 0 Å². The maximum atomic E-state index is 13.0. The van der Waals surface area contributed by atoms with Crippen molar-refractivity contribution >= 4 is 46.6 Å². The van der Waals surface area contributed by atoms with Gasteiger partial charge in [0.1, 0.15) is 19.0 Å². The van der Waals surface area contributed by atoms with Crippen molar-refractivity contribution in [3.8, 4) is 18.7 Å². The second-order valence-electron chi connectivity index (χ2n) is 18.9. The summed E-state index contributed by atoms with van der Waals surface area (Å²) in [5.74, 6) is 0.852. The number of hydrogen-bond donors (Lipinski definition) is 3. The van der Waals surface area contributed by atoms with Gasteiger partial charge in [0.15, 0.2) is 0 Å². The number of carboxylic acid groups (broad SMARTS) is 1. The highest BCUT2D eigenvalue weighted by Gasteiger charge is 2.33. The Morgan fingerprint density at radius 1 is 0.986 bits per heavy atom. The molecule has 13 heteroatoms. The summed E-state index contributed by atoms with van der Waals surface area (Å²) in [7, 11) is 0. The normalized spacial score (nSPS) is 17.5. The highest BCUT2D eigenvalue weighted by atomic mass is 16.5. The number of aromatic nitrogens is 1. The third-order valence-corrected chi connectivity index (χ3v) is 13.4. The smallest absolute Gasteiger partial charge is 0.290 e.